The molecule has 0 aliphatic rings. The number of aromatic nitrogens is 1. The molecule has 0 aliphatic carbocycles. The van der Waals surface area contributed by atoms with E-state index in [-0.39, 0.29) is 35.4 Å². The third kappa shape index (κ3) is 5.45. The number of nitrogens with zero attached hydrogens (tertiary/aromatic N) is 1. The molecule has 0 bridgehead atoms. The van der Waals surface area contributed by atoms with E-state index in [9.17, 15) is 13.2 Å². The largest absolute Gasteiger partial charge is 0.475 e. The molecule has 3 aromatic rings. The molecule has 0 saturated carbocycles. The minimum atomic E-state index is -4.08. The van der Waals surface area contributed by atoms with Crippen molar-refractivity contribution < 1.29 is 22.7 Å². The summed E-state index contributed by atoms with van der Waals surface area (Å²) in [6, 6.07) is 11.4. The first-order chi connectivity index (χ1) is 14.3. The number of nitrogens with one attached hydrogen (secondary N) is 1. The van der Waals surface area contributed by atoms with E-state index in [4.69, 9.17) is 26.2 Å². The van der Waals surface area contributed by atoms with Crippen LogP contribution in [-0.2, 0) is 26.0 Å². The number of hydrogen-bond acceptors (Lipinski definition) is 6. The number of sulfonamides is 1. The maximum absolute atomic E-state index is 12.4. The van der Waals surface area contributed by atoms with E-state index >= 15 is 0 Å². The molecule has 158 valence electrons. The van der Waals surface area contributed by atoms with E-state index in [1.807, 2.05) is 0 Å². The number of carbonyl (C=O) groups is 1. The second kappa shape index (κ2) is 9.40. The molecule has 0 radical (unpaired) electrons. The minimum absolute atomic E-state index is 0.0347. The number of fused-ring (bicyclic) bond motifs is 1. The second-order valence-electron chi connectivity index (χ2n) is 6.42. The normalized spacial score (nSPS) is 11.4. The Balaban J connectivity index is 1.91. The topological polar surface area (TPSA) is 121 Å². The number of pyridine rings is 1. The van der Waals surface area contributed by atoms with Crippen molar-refractivity contribution in [3.05, 3.63) is 59.2 Å². The lowest BCUT2D eigenvalue weighted by Crippen LogP contribution is -2.17. The number of halogens is 1. The SMILES string of the molecule is COCCOc1cc2c(S(N)(=O)=O)cc(NC(=O)Cc3ccccc3Cl)cc2cn1. The van der Waals surface area contributed by atoms with Crippen LogP contribution in [0.25, 0.3) is 10.8 Å². The van der Waals surface area contributed by atoms with E-state index in [1.54, 1.807) is 30.3 Å². The van der Waals surface area contributed by atoms with Crippen LogP contribution < -0.4 is 15.2 Å². The Kier molecular flexibility index (Phi) is 6.88. The summed E-state index contributed by atoms with van der Waals surface area (Å²) in [5.41, 5.74) is 0.932. The fraction of sp³-hybridized carbons (Fsp3) is 0.200. The van der Waals surface area contributed by atoms with Crippen molar-refractivity contribution >= 4 is 44.0 Å². The van der Waals surface area contributed by atoms with Gasteiger partial charge >= 0.3 is 0 Å². The molecular weight excluding hydrogens is 430 g/mol. The van der Waals surface area contributed by atoms with Crippen molar-refractivity contribution in [1.82, 2.24) is 4.98 Å². The standard InChI is InChI=1S/C20H20ClN3O5S/c1-28-6-7-29-20-11-16-14(12-23-20)8-15(10-18(16)30(22,26)27)24-19(25)9-13-4-2-3-5-17(13)21/h2-5,8,10-12H,6-7,9H2,1H3,(H,24,25)(H2,22,26,27). The van der Waals surface area contributed by atoms with E-state index in [0.29, 0.717) is 28.0 Å². The first-order valence-corrected chi connectivity index (χ1v) is 10.8. The van der Waals surface area contributed by atoms with Gasteiger partial charge in [0.2, 0.25) is 21.8 Å². The molecule has 1 amide bonds. The highest BCUT2D eigenvalue weighted by molar-refractivity contribution is 7.89. The van der Waals surface area contributed by atoms with E-state index in [2.05, 4.69) is 10.3 Å². The fourth-order valence-electron chi connectivity index (χ4n) is 2.84. The van der Waals surface area contributed by atoms with Gasteiger partial charge in [-0.2, -0.15) is 0 Å². The third-order valence-corrected chi connectivity index (χ3v) is 5.53. The fourth-order valence-corrected chi connectivity index (χ4v) is 3.82. The summed E-state index contributed by atoms with van der Waals surface area (Å²) in [6.45, 7) is 0.619. The highest BCUT2D eigenvalue weighted by Gasteiger charge is 2.17. The van der Waals surface area contributed by atoms with E-state index < -0.39 is 10.0 Å². The van der Waals surface area contributed by atoms with Crippen LogP contribution in [0.1, 0.15) is 5.56 Å². The van der Waals surface area contributed by atoms with Crippen molar-refractivity contribution in [2.45, 2.75) is 11.3 Å². The summed E-state index contributed by atoms with van der Waals surface area (Å²) >= 11 is 6.09. The van der Waals surface area contributed by atoms with Gasteiger partial charge in [0.15, 0.2) is 0 Å². The van der Waals surface area contributed by atoms with Crippen molar-refractivity contribution in [3.8, 4) is 5.88 Å². The van der Waals surface area contributed by atoms with Gasteiger partial charge in [0.05, 0.1) is 17.9 Å². The van der Waals surface area contributed by atoms with Crippen LogP contribution in [0.3, 0.4) is 0 Å². The van der Waals surface area contributed by atoms with Gasteiger partial charge in [-0.3, -0.25) is 4.79 Å². The number of ether oxygens (including phenoxy) is 2. The summed E-state index contributed by atoms with van der Waals surface area (Å²) in [6.07, 6.45) is 1.49. The average molecular weight is 450 g/mol. The summed E-state index contributed by atoms with van der Waals surface area (Å²) in [4.78, 5) is 16.4. The lowest BCUT2D eigenvalue weighted by Gasteiger charge is -2.12. The zero-order valence-corrected chi connectivity index (χ0v) is 17.7. The van der Waals surface area contributed by atoms with Gasteiger partial charge in [0.25, 0.3) is 0 Å². The molecule has 3 rings (SSSR count). The van der Waals surface area contributed by atoms with Crippen molar-refractivity contribution in [1.29, 1.82) is 0 Å². The molecule has 0 fully saturated rings. The van der Waals surface area contributed by atoms with Crippen molar-refractivity contribution in [2.75, 3.05) is 25.6 Å². The van der Waals surface area contributed by atoms with Crippen LogP contribution in [0.15, 0.2) is 53.6 Å². The minimum Gasteiger partial charge on any atom is -0.475 e. The molecule has 1 aromatic heterocycles. The predicted octanol–water partition coefficient (Wildman–Crippen LogP) is 2.74. The first-order valence-electron chi connectivity index (χ1n) is 8.89. The van der Waals surface area contributed by atoms with Gasteiger partial charge in [-0.25, -0.2) is 18.5 Å². The van der Waals surface area contributed by atoms with Gasteiger partial charge < -0.3 is 14.8 Å². The number of amides is 1. The Morgan fingerprint density at radius 2 is 1.97 bits per heavy atom. The smallest absolute Gasteiger partial charge is 0.238 e. The highest BCUT2D eigenvalue weighted by atomic mass is 35.5. The Morgan fingerprint density at radius 1 is 1.20 bits per heavy atom. The van der Waals surface area contributed by atoms with Gasteiger partial charge in [0, 0.05) is 40.9 Å². The summed E-state index contributed by atoms with van der Waals surface area (Å²) in [5, 5.41) is 9.38. The zero-order valence-electron chi connectivity index (χ0n) is 16.1. The molecule has 3 N–H and O–H groups in total. The lowest BCUT2D eigenvalue weighted by atomic mass is 10.1. The van der Waals surface area contributed by atoms with Crippen LogP contribution in [0.5, 0.6) is 5.88 Å². The Morgan fingerprint density at radius 3 is 2.67 bits per heavy atom. The van der Waals surface area contributed by atoms with Crippen LogP contribution in [0.4, 0.5) is 5.69 Å². The number of rotatable bonds is 8. The second-order valence-corrected chi connectivity index (χ2v) is 8.36. The van der Waals surface area contributed by atoms with Crippen LogP contribution >= 0.6 is 11.6 Å². The molecule has 1 heterocycles. The first kappa shape index (κ1) is 22.0. The van der Waals surface area contributed by atoms with Crippen molar-refractivity contribution in [2.24, 2.45) is 5.14 Å². The monoisotopic (exact) mass is 449 g/mol. The van der Waals surface area contributed by atoms with E-state index in [1.165, 1.54) is 25.4 Å². The number of anilines is 1. The number of benzene rings is 2. The maximum atomic E-state index is 12.4. The summed E-state index contributed by atoms with van der Waals surface area (Å²) in [7, 11) is -2.54. The molecule has 30 heavy (non-hydrogen) atoms. The van der Waals surface area contributed by atoms with Gasteiger partial charge in [-0.15, -0.1) is 0 Å². The number of primary sulfonamides is 1. The van der Waals surface area contributed by atoms with Crippen LogP contribution in [0.2, 0.25) is 5.02 Å². The number of methoxy groups -OCH3 is 1. The van der Waals surface area contributed by atoms with Crippen molar-refractivity contribution in [3.63, 3.8) is 0 Å². The quantitative estimate of drug-likeness (QED) is 0.510. The molecule has 0 spiro atoms. The molecule has 2 aromatic carbocycles. The van der Waals surface area contributed by atoms with Gasteiger partial charge in [-0.1, -0.05) is 29.8 Å². The highest BCUT2D eigenvalue weighted by Crippen LogP contribution is 2.29. The lowest BCUT2D eigenvalue weighted by molar-refractivity contribution is -0.115. The van der Waals surface area contributed by atoms with Crippen LogP contribution in [0, 0.1) is 0 Å². The molecule has 0 unspecified atom stereocenters. The zero-order chi connectivity index (χ0) is 21.7. The van der Waals surface area contributed by atoms with Gasteiger partial charge in [0.1, 0.15) is 6.61 Å². The third-order valence-electron chi connectivity index (χ3n) is 4.21. The average Bonchev–Trinajstić information content (AvgIpc) is 2.69. The Labute approximate surface area is 179 Å². The Bertz CT molecular complexity index is 1180. The Hall–Kier alpha value is -2.72. The molecule has 0 atom stereocenters. The molecule has 8 nitrogen and oxygen atoms in total. The number of carbonyl (C=O) groups excluding carboxylic acids is 1. The summed E-state index contributed by atoms with van der Waals surface area (Å²) < 4.78 is 34.7. The molecule has 0 aliphatic heterocycles. The number of hydrogen-bond donors (Lipinski definition) is 2. The van der Waals surface area contributed by atoms with E-state index in [0.717, 1.165) is 0 Å². The maximum Gasteiger partial charge on any atom is 0.238 e. The summed E-state index contributed by atoms with van der Waals surface area (Å²) in [5.74, 6) is -0.116. The molecule has 0 saturated heterocycles. The predicted molar refractivity (Wildman–Crippen MR) is 114 cm³/mol. The van der Waals surface area contributed by atoms with Gasteiger partial charge in [-0.05, 0) is 23.8 Å². The number of nitrogens with two attached hydrogens (primary N) is 1. The molecular formula is C20H20ClN3O5S. The molecule has 10 heteroatoms. The van der Waals surface area contributed by atoms with Crippen LogP contribution in [-0.4, -0.2) is 39.6 Å².